The lowest BCUT2D eigenvalue weighted by molar-refractivity contribution is -0.123. The third kappa shape index (κ3) is 4.08. The molecular weight excluding hydrogens is 410 g/mol. The average molecular weight is 429 g/mol. The van der Waals surface area contributed by atoms with Crippen LogP contribution in [0, 0.1) is 24.2 Å². The predicted molar refractivity (Wildman–Crippen MR) is 105 cm³/mol. The first-order valence-electron chi connectivity index (χ1n) is 9.07. The van der Waals surface area contributed by atoms with E-state index in [4.69, 9.17) is 4.74 Å². The monoisotopic (exact) mass is 429 g/mol. The summed E-state index contributed by atoms with van der Waals surface area (Å²) in [6, 6.07) is 4.79. The lowest BCUT2D eigenvalue weighted by atomic mass is 9.95. The molecule has 0 atom stereocenters. The van der Waals surface area contributed by atoms with Crippen molar-refractivity contribution in [2.75, 3.05) is 24.6 Å². The summed E-state index contributed by atoms with van der Waals surface area (Å²) in [5, 5.41) is 9.43. The molecule has 2 aromatic heterocycles. The Bertz CT molecular complexity index is 1120. The fourth-order valence-corrected chi connectivity index (χ4v) is 4.07. The first-order valence-corrected chi connectivity index (χ1v) is 10.5. The van der Waals surface area contributed by atoms with E-state index in [9.17, 15) is 23.3 Å². The van der Waals surface area contributed by atoms with Crippen LogP contribution in [0.3, 0.4) is 0 Å². The second-order valence-electron chi connectivity index (χ2n) is 6.57. The second kappa shape index (κ2) is 8.46. The van der Waals surface area contributed by atoms with Gasteiger partial charge in [-0.25, -0.2) is 17.9 Å². The zero-order valence-corrected chi connectivity index (χ0v) is 17.1. The maximum absolute atomic E-state index is 12.4. The molecule has 0 unspecified atom stereocenters. The highest BCUT2D eigenvalue weighted by molar-refractivity contribution is 7.90. The number of nitriles is 1. The number of aromatic nitrogens is 2. The van der Waals surface area contributed by atoms with Crippen molar-refractivity contribution in [3.8, 4) is 6.07 Å². The number of hydrogen-bond acceptors (Lipinski definition) is 9. The molecule has 2 aromatic rings. The molecule has 156 valence electrons. The van der Waals surface area contributed by atoms with Gasteiger partial charge in [-0.2, -0.15) is 5.26 Å². The van der Waals surface area contributed by atoms with Crippen molar-refractivity contribution in [3.05, 3.63) is 47.5 Å². The van der Waals surface area contributed by atoms with Gasteiger partial charge < -0.3 is 9.64 Å². The number of aryl methyl sites for hydroxylation is 1. The van der Waals surface area contributed by atoms with Crippen molar-refractivity contribution in [2.45, 2.75) is 18.7 Å². The maximum Gasteiger partial charge on any atom is 0.342 e. The van der Waals surface area contributed by atoms with Gasteiger partial charge in [-0.15, -0.1) is 0 Å². The van der Waals surface area contributed by atoms with Crippen molar-refractivity contribution in [1.82, 2.24) is 14.7 Å². The fraction of sp³-hybridized carbons (Fsp3) is 0.316. The van der Waals surface area contributed by atoms with Crippen molar-refractivity contribution >= 4 is 27.6 Å². The molecule has 1 aliphatic rings. The highest BCUT2D eigenvalue weighted by atomic mass is 32.2. The molecule has 0 radical (unpaired) electrons. The SMILES string of the molecule is CCOC(=O)c1c(C)ncc(C#N)c1N1CC(C(=O)NS(=O)(=O)c2cccnc2)C1. The first-order chi connectivity index (χ1) is 14.3. The van der Waals surface area contributed by atoms with E-state index in [0.29, 0.717) is 11.4 Å². The van der Waals surface area contributed by atoms with Gasteiger partial charge in [-0.3, -0.25) is 14.8 Å². The minimum Gasteiger partial charge on any atom is -0.462 e. The van der Waals surface area contributed by atoms with Crippen LogP contribution in [0.2, 0.25) is 0 Å². The van der Waals surface area contributed by atoms with E-state index in [0.717, 1.165) is 6.20 Å². The number of carbonyl (C=O) groups is 2. The van der Waals surface area contributed by atoms with E-state index >= 15 is 0 Å². The molecule has 0 spiro atoms. The van der Waals surface area contributed by atoms with Crippen LogP contribution >= 0.6 is 0 Å². The largest absolute Gasteiger partial charge is 0.462 e. The standard InChI is InChI=1S/C19H19N5O5S/c1-3-29-19(26)16-12(2)22-8-13(7-20)17(16)24-10-14(11-24)18(25)23-30(27,28)15-5-4-6-21-9-15/h4-6,8-9,14H,3,10-11H2,1-2H3,(H,23,25). The Kier molecular flexibility index (Phi) is 5.98. The molecule has 1 aliphatic heterocycles. The van der Waals surface area contributed by atoms with Crippen molar-refractivity contribution in [2.24, 2.45) is 5.92 Å². The van der Waals surface area contributed by atoms with E-state index < -0.39 is 27.8 Å². The van der Waals surface area contributed by atoms with E-state index in [2.05, 4.69) is 9.97 Å². The molecule has 10 nitrogen and oxygen atoms in total. The molecule has 30 heavy (non-hydrogen) atoms. The molecular formula is C19H19N5O5S. The van der Waals surface area contributed by atoms with Crippen LogP contribution in [-0.2, 0) is 19.6 Å². The maximum atomic E-state index is 12.4. The van der Waals surface area contributed by atoms with Gasteiger partial charge >= 0.3 is 5.97 Å². The minimum atomic E-state index is -4.03. The number of nitrogens with one attached hydrogen (secondary N) is 1. The van der Waals surface area contributed by atoms with Crippen LogP contribution in [0.1, 0.15) is 28.5 Å². The average Bonchev–Trinajstić information content (AvgIpc) is 2.67. The Labute approximate surface area is 173 Å². The highest BCUT2D eigenvalue weighted by Crippen LogP contribution is 2.33. The number of amides is 1. The van der Waals surface area contributed by atoms with Gasteiger partial charge in [0.05, 0.1) is 29.5 Å². The van der Waals surface area contributed by atoms with Crippen LogP contribution in [0.5, 0.6) is 0 Å². The Balaban J connectivity index is 1.78. The van der Waals surface area contributed by atoms with Crippen LogP contribution < -0.4 is 9.62 Å². The molecule has 0 bridgehead atoms. The molecule has 1 saturated heterocycles. The molecule has 1 amide bonds. The van der Waals surface area contributed by atoms with E-state index in [-0.39, 0.29) is 35.7 Å². The smallest absolute Gasteiger partial charge is 0.342 e. The first kappa shape index (κ1) is 21.2. The molecule has 1 N–H and O–H groups in total. The summed E-state index contributed by atoms with van der Waals surface area (Å²) in [5.74, 6) is -1.91. The summed E-state index contributed by atoms with van der Waals surface area (Å²) in [5.41, 5.74) is 1.07. The zero-order chi connectivity index (χ0) is 21.9. The molecule has 1 fully saturated rings. The molecule has 0 aromatic carbocycles. The predicted octanol–water partition coefficient (Wildman–Crippen LogP) is 0.775. The summed E-state index contributed by atoms with van der Waals surface area (Å²) >= 11 is 0. The van der Waals surface area contributed by atoms with Crippen LogP contribution in [-0.4, -0.2) is 50.0 Å². The Morgan fingerprint density at radius 2 is 2.10 bits per heavy atom. The van der Waals surface area contributed by atoms with Crippen molar-refractivity contribution in [3.63, 3.8) is 0 Å². The zero-order valence-electron chi connectivity index (χ0n) is 16.3. The summed E-state index contributed by atoms with van der Waals surface area (Å²) in [7, 11) is -4.03. The number of anilines is 1. The van der Waals surface area contributed by atoms with E-state index in [1.54, 1.807) is 18.7 Å². The highest BCUT2D eigenvalue weighted by Gasteiger charge is 2.38. The molecule has 3 rings (SSSR count). The number of rotatable bonds is 6. The Morgan fingerprint density at radius 1 is 1.37 bits per heavy atom. The lowest BCUT2D eigenvalue weighted by Crippen LogP contribution is -2.55. The van der Waals surface area contributed by atoms with Gasteiger partial charge in [0.1, 0.15) is 16.5 Å². The third-order valence-corrected chi connectivity index (χ3v) is 5.92. The molecule has 11 heteroatoms. The third-order valence-electron chi connectivity index (χ3n) is 4.59. The van der Waals surface area contributed by atoms with Crippen molar-refractivity contribution in [1.29, 1.82) is 5.26 Å². The topological polar surface area (TPSA) is 142 Å². The number of esters is 1. The Morgan fingerprint density at radius 3 is 2.70 bits per heavy atom. The number of sulfonamides is 1. The normalized spacial score (nSPS) is 13.8. The van der Waals surface area contributed by atoms with Crippen LogP contribution in [0.25, 0.3) is 0 Å². The number of carbonyl (C=O) groups excluding carboxylic acids is 2. The van der Waals surface area contributed by atoms with E-state index in [1.807, 2.05) is 10.8 Å². The van der Waals surface area contributed by atoms with Gasteiger partial charge in [-0.1, -0.05) is 0 Å². The number of pyridine rings is 2. The summed E-state index contributed by atoms with van der Waals surface area (Å²) in [4.78, 5) is 34.2. The Hall–Kier alpha value is -3.52. The van der Waals surface area contributed by atoms with Gasteiger partial charge in [0.15, 0.2) is 0 Å². The minimum absolute atomic E-state index is 0.115. The fourth-order valence-electron chi connectivity index (χ4n) is 3.06. The number of ether oxygens (including phenoxy) is 1. The van der Waals surface area contributed by atoms with E-state index in [1.165, 1.54) is 24.5 Å². The number of nitrogens with zero attached hydrogens (tertiary/aromatic N) is 4. The summed E-state index contributed by atoms with van der Waals surface area (Å²) in [6.45, 7) is 3.73. The van der Waals surface area contributed by atoms with Crippen LogP contribution in [0.4, 0.5) is 5.69 Å². The lowest BCUT2D eigenvalue weighted by Gasteiger charge is -2.41. The molecule has 3 heterocycles. The van der Waals surface area contributed by atoms with Gasteiger partial charge in [0.2, 0.25) is 5.91 Å². The second-order valence-corrected chi connectivity index (χ2v) is 8.26. The number of hydrogen-bond donors (Lipinski definition) is 1. The summed E-state index contributed by atoms with van der Waals surface area (Å²) in [6.07, 6.45) is 3.93. The van der Waals surface area contributed by atoms with Gasteiger partial charge in [0, 0.05) is 31.7 Å². The van der Waals surface area contributed by atoms with Gasteiger partial charge in [-0.05, 0) is 26.0 Å². The van der Waals surface area contributed by atoms with Gasteiger partial charge in [0.25, 0.3) is 10.0 Å². The molecule has 0 saturated carbocycles. The quantitative estimate of drug-likeness (QED) is 0.659. The van der Waals surface area contributed by atoms with Crippen molar-refractivity contribution < 1.29 is 22.7 Å². The van der Waals surface area contributed by atoms with Crippen LogP contribution in [0.15, 0.2) is 35.6 Å². The summed E-state index contributed by atoms with van der Waals surface area (Å²) < 4.78 is 31.7. The molecule has 0 aliphatic carbocycles.